The Balaban J connectivity index is 1.39. The van der Waals surface area contributed by atoms with Crippen LogP contribution in [0.5, 0.6) is 11.5 Å². The number of amides is 1. The zero-order valence-electron chi connectivity index (χ0n) is 17.3. The summed E-state index contributed by atoms with van der Waals surface area (Å²) in [4.78, 5) is 14.5. The Morgan fingerprint density at radius 1 is 1.13 bits per heavy atom. The van der Waals surface area contributed by atoms with Gasteiger partial charge in [0.2, 0.25) is 10.0 Å². The van der Waals surface area contributed by atoms with Gasteiger partial charge < -0.3 is 19.1 Å². The molecule has 0 bridgehead atoms. The summed E-state index contributed by atoms with van der Waals surface area (Å²) >= 11 is 0. The molecule has 0 saturated carbocycles. The van der Waals surface area contributed by atoms with Gasteiger partial charge in [0, 0.05) is 25.8 Å². The molecule has 0 spiro atoms. The van der Waals surface area contributed by atoms with E-state index < -0.39 is 10.0 Å². The predicted octanol–water partition coefficient (Wildman–Crippen LogP) is 2.06. The Morgan fingerprint density at radius 3 is 2.71 bits per heavy atom. The van der Waals surface area contributed by atoms with Gasteiger partial charge in [0.1, 0.15) is 6.61 Å². The number of hydrogen-bond acceptors (Lipinski definition) is 6. The molecule has 2 unspecified atom stereocenters. The Labute approximate surface area is 182 Å². The van der Waals surface area contributed by atoms with Crippen LogP contribution in [0.4, 0.5) is 0 Å². The average Bonchev–Trinajstić information content (AvgIpc) is 3.31. The highest BCUT2D eigenvalue weighted by molar-refractivity contribution is 7.89. The average molecular weight is 447 g/mol. The molecule has 2 heterocycles. The number of nitrogens with zero attached hydrogens (tertiary/aromatic N) is 1. The van der Waals surface area contributed by atoms with Gasteiger partial charge in [-0.15, -0.1) is 0 Å². The summed E-state index contributed by atoms with van der Waals surface area (Å²) in [5.74, 6) is 1.03. The fourth-order valence-corrected chi connectivity index (χ4v) is 4.76. The molecule has 0 aliphatic carbocycles. The van der Waals surface area contributed by atoms with Gasteiger partial charge in [-0.2, -0.15) is 0 Å². The third-order valence-electron chi connectivity index (χ3n) is 5.31. The molecule has 2 aliphatic heterocycles. The van der Waals surface area contributed by atoms with Gasteiger partial charge in [0.05, 0.1) is 17.5 Å². The minimum atomic E-state index is -3.74. The van der Waals surface area contributed by atoms with Crippen LogP contribution in [0.15, 0.2) is 53.4 Å². The Morgan fingerprint density at radius 2 is 1.94 bits per heavy atom. The second-order valence-corrected chi connectivity index (χ2v) is 9.46. The first-order valence-electron chi connectivity index (χ1n) is 10.3. The monoisotopic (exact) mass is 446 g/mol. The molecule has 1 saturated heterocycles. The molecule has 4 rings (SSSR count). The predicted molar refractivity (Wildman–Crippen MR) is 114 cm³/mol. The van der Waals surface area contributed by atoms with E-state index in [0.29, 0.717) is 36.8 Å². The summed E-state index contributed by atoms with van der Waals surface area (Å²) in [7, 11) is -2.08. The summed E-state index contributed by atoms with van der Waals surface area (Å²) in [6.07, 6.45) is 1.35. The van der Waals surface area contributed by atoms with Crippen molar-refractivity contribution in [1.29, 1.82) is 0 Å². The van der Waals surface area contributed by atoms with Crippen molar-refractivity contribution in [3.05, 3.63) is 54.1 Å². The zero-order valence-corrected chi connectivity index (χ0v) is 18.1. The molecule has 2 aromatic carbocycles. The maximum absolute atomic E-state index is 12.9. The van der Waals surface area contributed by atoms with Crippen molar-refractivity contribution in [1.82, 2.24) is 9.62 Å². The molecule has 2 aliphatic rings. The minimum Gasteiger partial charge on any atom is -0.486 e. The van der Waals surface area contributed by atoms with Crippen molar-refractivity contribution in [2.24, 2.45) is 0 Å². The third kappa shape index (κ3) is 5.17. The smallest absolute Gasteiger partial charge is 0.253 e. The van der Waals surface area contributed by atoms with Gasteiger partial charge >= 0.3 is 0 Å². The maximum atomic E-state index is 12.9. The van der Waals surface area contributed by atoms with Crippen molar-refractivity contribution in [2.75, 3.05) is 33.4 Å². The minimum absolute atomic E-state index is 0.0518. The summed E-state index contributed by atoms with van der Waals surface area (Å²) in [5.41, 5.74) is 0.291. The highest BCUT2D eigenvalue weighted by Gasteiger charge is 2.25. The van der Waals surface area contributed by atoms with E-state index in [1.165, 1.54) is 17.0 Å². The van der Waals surface area contributed by atoms with E-state index in [1.54, 1.807) is 19.2 Å². The fourth-order valence-electron chi connectivity index (χ4n) is 3.65. The molecule has 2 atom stereocenters. The lowest BCUT2D eigenvalue weighted by Crippen LogP contribution is -2.41. The Kier molecular flexibility index (Phi) is 6.45. The fraction of sp³-hybridized carbons (Fsp3) is 0.409. The third-order valence-corrected chi connectivity index (χ3v) is 6.73. The van der Waals surface area contributed by atoms with Crippen LogP contribution in [0.1, 0.15) is 23.2 Å². The van der Waals surface area contributed by atoms with Gasteiger partial charge in [-0.05, 0) is 43.2 Å². The molecule has 1 amide bonds. The van der Waals surface area contributed by atoms with Crippen LogP contribution in [0, 0.1) is 0 Å². The molecule has 0 radical (unpaired) electrons. The number of carbonyl (C=O) groups is 1. The van der Waals surface area contributed by atoms with Crippen molar-refractivity contribution < 1.29 is 27.4 Å². The van der Waals surface area contributed by atoms with Crippen molar-refractivity contribution >= 4 is 15.9 Å². The van der Waals surface area contributed by atoms with E-state index >= 15 is 0 Å². The van der Waals surface area contributed by atoms with Gasteiger partial charge in [0.15, 0.2) is 17.6 Å². The molecule has 31 heavy (non-hydrogen) atoms. The second kappa shape index (κ2) is 9.25. The van der Waals surface area contributed by atoms with Crippen LogP contribution in [0.25, 0.3) is 0 Å². The van der Waals surface area contributed by atoms with E-state index in [1.807, 2.05) is 24.3 Å². The van der Waals surface area contributed by atoms with Crippen LogP contribution < -0.4 is 14.2 Å². The number of benzene rings is 2. The highest BCUT2D eigenvalue weighted by Crippen LogP contribution is 2.31. The molecule has 2 aromatic rings. The van der Waals surface area contributed by atoms with E-state index in [9.17, 15) is 13.2 Å². The number of likely N-dealkylation sites (N-methyl/N-ethyl adjacent to an activating group) is 1. The molecular formula is C22H26N2O6S. The summed E-state index contributed by atoms with van der Waals surface area (Å²) in [5, 5.41) is 0. The summed E-state index contributed by atoms with van der Waals surface area (Å²) in [6, 6.07) is 13.4. The van der Waals surface area contributed by atoms with Crippen molar-refractivity contribution in [3.63, 3.8) is 0 Å². The van der Waals surface area contributed by atoms with Gasteiger partial charge in [-0.1, -0.05) is 18.2 Å². The molecule has 9 heteroatoms. The number of nitrogens with one attached hydrogen (secondary N) is 1. The largest absolute Gasteiger partial charge is 0.486 e. The SMILES string of the molecule is CN(CC1COc2ccccc2O1)C(=O)c1cccc(S(=O)(=O)NCC2CCCO2)c1. The van der Waals surface area contributed by atoms with Gasteiger partial charge in [0.25, 0.3) is 5.91 Å². The lowest BCUT2D eigenvalue weighted by Gasteiger charge is -2.29. The Bertz CT molecular complexity index is 1040. The lowest BCUT2D eigenvalue weighted by atomic mass is 10.2. The number of rotatable bonds is 7. The highest BCUT2D eigenvalue weighted by atomic mass is 32.2. The van der Waals surface area contributed by atoms with Crippen molar-refractivity contribution in [3.8, 4) is 11.5 Å². The Hall–Kier alpha value is -2.62. The van der Waals surface area contributed by atoms with E-state index in [2.05, 4.69) is 4.72 Å². The first kappa shape index (κ1) is 21.6. The zero-order chi connectivity index (χ0) is 21.8. The van der Waals surface area contributed by atoms with Crippen LogP contribution in [0.2, 0.25) is 0 Å². The first-order chi connectivity index (χ1) is 14.9. The standard InChI is InChI=1S/C22H26N2O6S/c1-24(14-18-15-29-20-9-2-3-10-21(20)30-18)22(25)16-6-4-8-19(12-16)31(26,27)23-13-17-7-5-11-28-17/h2-4,6,8-10,12,17-18,23H,5,7,11,13-15H2,1H3. The normalized spacial score (nSPS) is 20.4. The van der Waals surface area contributed by atoms with Gasteiger partial charge in [-0.3, -0.25) is 4.79 Å². The number of ether oxygens (including phenoxy) is 3. The van der Waals surface area contributed by atoms with E-state index in [4.69, 9.17) is 14.2 Å². The second-order valence-electron chi connectivity index (χ2n) is 7.70. The number of fused-ring (bicyclic) bond motifs is 1. The first-order valence-corrected chi connectivity index (χ1v) is 11.8. The maximum Gasteiger partial charge on any atom is 0.253 e. The number of sulfonamides is 1. The molecule has 1 N–H and O–H groups in total. The quantitative estimate of drug-likeness (QED) is 0.700. The molecule has 1 fully saturated rings. The topological polar surface area (TPSA) is 94.2 Å². The number of para-hydroxylation sites is 2. The van der Waals surface area contributed by atoms with E-state index in [0.717, 1.165) is 12.8 Å². The number of hydrogen-bond donors (Lipinski definition) is 1. The molecular weight excluding hydrogens is 420 g/mol. The van der Waals surface area contributed by atoms with E-state index in [-0.39, 0.29) is 29.6 Å². The molecule has 166 valence electrons. The van der Waals surface area contributed by atoms with Crippen LogP contribution in [-0.2, 0) is 14.8 Å². The molecule has 8 nitrogen and oxygen atoms in total. The summed E-state index contributed by atoms with van der Waals surface area (Å²) in [6.45, 7) is 1.52. The number of carbonyl (C=O) groups excluding carboxylic acids is 1. The summed E-state index contributed by atoms with van der Waals surface area (Å²) < 4.78 is 44.9. The van der Waals surface area contributed by atoms with Crippen LogP contribution >= 0.6 is 0 Å². The van der Waals surface area contributed by atoms with Crippen molar-refractivity contribution in [2.45, 2.75) is 29.9 Å². The van der Waals surface area contributed by atoms with Gasteiger partial charge in [-0.25, -0.2) is 13.1 Å². The molecule has 0 aromatic heterocycles. The van der Waals surface area contributed by atoms with Crippen LogP contribution in [0.3, 0.4) is 0 Å². The van der Waals surface area contributed by atoms with Crippen LogP contribution in [-0.4, -0.2) is 64.8 Å². The lowest BCUT2D eigenvalue weighted by molar-refractivity contribution is 0.0521.